The fourth-order valence-corrected chi connectivity index (χ4v) is 6.01. The van der Waals surface area contributed by atoms with E-state index in [2.05, 4.69) is 13.8 Å². The molecule has 0 aromatic heterocycles. The summed E-state index contributed by atoms with van der Waals surface area (Å²) in [4.78, 5) is 42.5. The van der Waals surface area contributed by atoms with E-state index in [-0.39, 0.29) is 59.1 Å². The van der Waals surface area contributed by atoms with Crippen molar-refractivity contribution in [3.05, 3.63) is 24.3 Å². The number of ether oxygens (including phenoxy) is 2. The summed E-state index contributed by atoms with van der Waals surface area (Å²) in [6.07, 6.45) is 44.9. The Morgan fingerprint density at radius 2 is 0.519 bits per heavy atom. The number of aliphatic carboxylic acids is 2. The van der Waals surface area contributed by atoms with E-state index in [0.717, 1.165) is 37.8 Å². The fourth-order valence-electron chi connectivity index (χ4n) is 6.01. The second-order valence-electron chi connectivity index (χ2n) is 14.2. The minimum absolute atomic E-state index is 0. The number of carbonyl (C=O) groups is 4. The van der Waals surface area contributed by atoms with Gasteiger partial charge in [-0.25, -0.2) is 9.59 Å². The third-order valence-electron chi connectivity index (χ3n) is 9.20. The van der Waals surface area contributed by atoms with Crippen LogP contribution in [0.15, 0.2) is 24.3 Å². The molecule has 0 rings (SSSR count). The zero-order valence-electron chi connectivity index (χ0n) is 35.6. The first-order valence-corrected chi connectivity index (χ1v) is 21.4. The number of esters is 2. The van der Waals surface area contributed by atoms with Gasteiger partial charge in [0.1, 0.15) is 0 Å². The molecule has 0 aliphatic carbocycles. The normalized spacial score (nSPS) is 10.7. The van der Waals surface area contributed by atoms with Crippen molar-refractivity contribution in [1.82, 2.24) is 0 Å². The van der Waals surface area contributed by atoms with Crippen molar-refractivity contribution in [2.75, 3.05) is 13.2 Å². The van der Waals surface area contributed by atoms with Crippen molar-refractivity contribution in [2.24, 2.45) is 0 Å². The maximum Gasteiger partial charge on any atom is 1.00 e. The van der Waals surface area contributed by atoms with E-state index >= 15 is 0 Å². The van der Waals surface area contributed by atoms with Crippen LogP contribution in [0.4, 0.5) is 0 Å². The average molecular weight is 781 g/mol. The van der Waals surface area contributed by atoms with Crippen LogP contribution in [0.1, 0.15) is 219 Å². The van der Waals surface area contributed by atoms with Crippen LogP contribution in [0.2, 0.25) is 0 Å². The topological polar surface area (TPSA) is 133 Å². The predicted octanol–water partition coefficient (Wildman–Crippen LogP) is 4.20. The number of carboxylic acid groups (broad SMARTS) is 2. The summed E-state index contributed by atoms with van der Waals surface area (Å²) < 4.78 is 9.79. The summed E-state index contributed by atoms with van der Waals surface area (Å²) in [5.74, 6) is -4.00. The zero-order valence-corrected chi connectivity index (χ0v) is 39.6. The second kappa shape index (κ2) is 52.4. The summed E-state index contributed by atoms with van der Waals surface area (Å²) in [5.41, 5.74) is 0. The van der Waals surface area contributed by atoms with Gasteiger partial charge in [0.2, 0.25) is 0 Å². The Hall–Kier alpha value is -0.640. The third-order valence-corrected chi connectivity index (χ3v) is 9.20. The maximum atomic E-state index is 11.1. The first kappa shape index (κ1) is 60.0. The van der Waals surface area contributed by atoms with Gasteiger partial charge in [-0.15, -0.1) is 0 Å². The largest absolute Gasteiger partial charge is 1.00 e. The van der Waals surface area contributed by atoms with Crippen LogP contribution in [0, 0.1) is 0 Å². The van der Waals surface area contributed by atoms with Crippen LogP contribution >= 0.6 is 0 Å². The van der Waals surface area contributed by atoms with E-state index in [1.807, 2.05) is 0 Å². The summed E-state index contributed by atoms with van der Waals surface area (Å²) >= 11 is 0. The van der Waals surface area contributed by atoms with Crippen LogP contribution in [0.3, 0.4) is 0 Å². The van der Waals surface area contributed by atoms with Crippen LogP contribution in [0.5, 0.6) is 0 Å². The summed E-state index contributed by atoms with van der Waals surface area (Å²) in [5, 5.41) is 20.3. The SMILES string of the molecule is CCCCCCCCCCCCCCCCCCOC(=O)/C=C/C(=O)[O-].CCCCCCCCCCCCCCCCCCOC(=O)/C=C/C(=O)[O-].[Na+].[Na+]. The van der Waals surface area contributed by atoms with Gasteiger partial charge in [0.25, 0.3) is 0 Å². The van der Waals surface area contributed by atoms with Crippen LogP contribution < -0.4 is 69.3 Å². The first-order chi connectivity index (χ1) is 25.3. The molecule has 0 aliphatic rings. The summed E-state index contributed by atoms with van der Waals surface area (Å²) in [6, 6.07) is 0. The number of hydrogen-bond acceptors (Lipinski definition) is 8. The van der Waals surface area contributed by atoms with E-state index in [9.17, 15) is 29.4 Å². The molecule has 0 aliphatic heterocycles. The monoisotopic (exact) mass is 781 g/mol. The zero-order chi connectivity index (χ0) is 38.6. The Labute approximate surface area is 375 Å². The fraction of sp³-hybridized carbons (Fsp3) is 0.818. The molecule has 0 amide bonds. The van der Waals surface area contributed by atoms with E-state index in [4.69, 9.17) is 9.47 Å². The van der Waals surface area contributed by atoms with Crippen molar-refractivity contribution >= 4 is 23.9 Å². The smallest absolute Gasteiger partial charge is 0.545 e. The minimum Gasteiger partial charge on any atom is -0.545 e. The molecule has 0 radical (unpaired) electrons. The maximum absolute atomic E-state index is 11.1. The molecule has 0 atom stereocenters. The summed E-state index contributed by atoms with van der Waals surface area (Å²) in [6.45, 7) is 5.24. The number of carboxylic acids is 2. The number of rotatable bonds is 38. The standard InChI is InChI=1S/2C22H40O4.2Na/c2*1-2-3-4-5-6-7-8-9-10-11-12-13-14-15-16-17-20-26-22(25)19-18-21(23)24;;/h2*18-19H,2-17,20H2,1H3,(H,23,24);;/q;;2*+1/p-2/b2*19-18+;;. The molecule has 0 spiro atoms. The Balaban J connectivity index is -0.000000446. The molecule has 304 valence electrons. The molecule has 54 heavy (non-hydrogen) atoms. The summed E-state index contributed by atoms with van der Waals surface area (Å²) in [7, 11) is 0. The number of carbonyl (C=O) groups excluding carboxylic acids is 4. The van der Waals surface area contributed by atoms with Gasteiger partial charge in [-0.05, 0) is 25.0 Å². The second-order valence-corrected chi connectivity index (χ2v) is 14.2. The van der Waals surface area contributed by atoms with Crippen LogP contribution in [0.25, 0.3) is 0 Å². The molecule has 0 aromatic carbocycles. The Morgan fingerprint density at radius 1 is 0.333 bits per heavy atom. The van der Waals surface area contributed by atoms with Gasteiger partial charge in [-0.3, -0.25) is 0 Å². The molecular weight excluding hydrogens is 702 g/mol. The Kier molecular flexibility index (Phi) is 58.2. The molecule has 10 heteroatoms. The van der Waals surface area contributed by atoms with E-state index < -0.39 is 23.9 Å². The Bertz CT molecular complexity index is 809. The quantitative estimate of drug-likeness (QED) is 0.0395. The predicted molar refractivity (Wildman–Crippen MR) is 209 cm³/mol. The van der Waals surface area contributed by atoms with Crippen LogP contribution in [-0.2, 0) is 28.7 Å². The van der Waals surface area contributed by atoms with Crippen LogP contribution in [-0.4, -0.2) is 37.1 Å². The molecule has 0 saturated carbocycles. The Morgan fingerprint density at radius 3 is 0.704 bits per heavy atom. The van der Waals surface area contributed by atoms with Gasteiger partial charge in [-0.1, -0.05) is 206 Å². The molecule has 0 unspecified atom stereocenters. The number of unbranched alkanes of at least 4 members (excludes halogenated alkanes) is 30. The van der Waals surface area contributed by atoms with E-state index in [0.29, 0.717) is 25.4 Å². The molecule has 0 N–H and O–H groups in total. The molecular formula is C44H78Na2O8. The van der Waals surface area contributed by atoms with Gasteiger partial charge >= 0.3 is 71.1 Å². The first-order valence-electron chi connectivity index (χ1n) is 21.4. The molecule has 0 heterocycles. The van der Waals surface area contributed by atoms with Gasteiger partial charge in [-0.2, -0.15) is 0 Å². The molecule has 0 fully saturated rings. The van der Waals surface area contributed by atoms with E-state index in [1.54, 1.807) is 0 Å². The minimum atomic E-state index is -1.38. The van der Waals surface area contributed by atoms with E-state index in [1.165, 1.54) is 180 Å². The van der Waals surface area contributed by atoms with Crippen molar-refractivity contribution in [1.29, 1.82) is 0 Å². The van der Waals surface area contributed by atoms with Gasteiger partial charge in [0.15, 0.2) is 0 Å². The van der Waals surface area contributed by atoms with Crippen molar-refractivity contribution in [2.45, 2.75) is 219 Å². The van der Waals surface area contributed by atoms with Crippen molar-refractivity contribution in [3.8, 4) is 0 Å². The van der Waals surface area contributed by atoms with Gasteiger partial charge < -0.3 is 29.3 Å². The number of hydrogen-bond donors (Lipinski definition) is 0. The average Bonchev–Trinajstić information content (AvgIpc) is 3.12. The third kappa shape index (κ3) is 58.1. The van der Waals surface area contributed by atoms with Crippen molar-refractivity contribution < 1.29 is 98.0 Å². The molecule has 0 saturated heterocycles. The molecule has 8 nitrogen and oxygen atoms in total. The molecule has 0 bridgehead atoms. The molecule has 0 aromatic rings. The van der Waals surface area contributed by atoms with Crippen molar-refractivity contribution in [3.63, 3.8) is 0 Å². The van der Waals surface area contributed by atoms with Gasteiger partial charge in [0.05, 0.1) is 25.2 Å². The van der Waals surface area contributed by atoms with Gasteiger partial charge in [0, 0.05) is 12.2 Å².